The molecule has 2 aromatic rings. The first kappa shape index (κ1) is 12.3. The first-order chi connectivity index (χ1) is 7.97. The molecule has 0 unspecified atom stereocenters. The van der Waals surface area contributed by atoms with Gasteiger partial charge in [0.1, 0.15) is 0 Å². The molecule has 0 fully saturated rings. The van der Waals surface area contributed by atoms with Crippen LogP contribution in [0, 0.1) is 3.57 Å². The van der Waals surface area contributed by atoms with Gasteiger partial charge in [0.05, 0.1) is 11.3 Å². The zero-order valence-corrected chi connectivity index (χ0v) is 10.7. The molecule has 0 saturated carbocycles. The Morgan fingerprint density at radius 3 is 2.06 bits per heavy atom. The third-order valence-corrected chi connectivity index (χ3v) is 2.87. The van der Waals surface area contributed by atoms with Crippen molar-refractivity contribution in [1.29, 1.82) is 0 Å². The SMILES string of the molecule is FC(F)(F)c1ccc(-c2ccc(I)cn2)cc1. The van der Waals surface area contributed by atoms with Gasteiger partial charge in [-0.15, -0.1) is 0 Å². The number of hydrogen-bond acceptors (Lipinski definition) is 1. The molecule has 2 rings (SSSR count). The second-order valence-corrected chi connectivity index (χ2v) is 4.68. The van der Waals surface area contributed by atoms with E-state index in [4.69, 9.17) is 0 Å². The standard InChI is InChI=1S/C12H7F3IN/c13-12(14,15)9-3-1-8(2-4-9)11-6-5-10(16)7-17-11/h1-7H. The van der Waals surface area contributed by atoms with Crippen LogP contribution < -0.4 is 0 Å². The van der Waals surface area contributed by atoms with Crippen LogP contribution in [-0.2, 0) is 6.18 Å². The Hall–Kier alpha value is -1.11. The molecule has 17 heavy (non-hydrogen) atoms. The summed E-state index contributed by atoms with van der Waals surface area (Å²) < 4.78 is 38.1. The number of nitrogens with zero attached hydrogens (tertiary/aromatic N) is 1. The van der Waals surface area contributed by atoms with Gasteiger partial charge in [0.15, 0.2) is 0 Å². The molecular formula is C12H7F3IN. The van der Waals surface area contributed by atoms with E-state index in [1.54, 1.807) is 12.3 Å². The molecular weight excluding hydrogens is 342 g/mol. The highest BCUT2D eigenvalue weighted by Crippen LogP contribution is 2.30. The summed E-state index contributed by atoms with van der Waals surface area (Å²) in [5, 5.41) is 0. The summed E-state index contributed by atoms with van der Waals surface area (Å²) in [4.78, 5) is 4.15. The van der Waals surface area contributed by atoms with Crippen LogP contribution in [0.4, 0.5) is 13.2 Å². The van der Waals surface area contributed by atoms with Gasteiger partial charge in [-0.1, -0.05) is 12.1 Å². The highest BCUT2D eigenvalue weighted by molar-refractivity contribution is 14.1. The van der Waals surface area contributed by atoms with Crippen molar-refractivity contribution >= 4 is 22.6 Å². The number of aromatic nitrogens is 1. The highest BCUT2D eigenvalue weighted by atomic mass is 127. The zero-order valence-electron chi connectivity index (χ0n) is 8.50. The number of rotatable bonds is 1. The van der Waals surface area contributed by atoms with Crippen LogP contribution in [0.3, 0.4) is 0 Å². The van der Waals surface area contributed by atoms with Gasteiger partial charge in [-0.2, -0.15) is 13.2 Å². The molecule has 0 radical (unpaired) electrons. The average molecular weight is 349 g/mol. The van der Waals surface area contributed by atoms with Crippen molar-refractivity contribution in [2.24, 2.45) is 0 Å². The largest absolute Gasteiger partial charge is 0.416 e. The predicted octanol–water partition coefficient (Wildman–Crippen LogP) is 4.37. The Balaban J connectivity index is 2.33. The maximum Gasteiger partial charge on any atom is 0.416 e. The minimum Gasteiger partial charge on any atom is -0.255 e. The van der Waals surface area contributed by atoms with Crippen molar-refractivity contribution in [3.05, 3.63) is 51.7 Å². The number of benzene rings is 1. The van der Waals surface area contributed by atoms with E-state index in [1.165, 1.54) is 12.1 Å². The van der Waals surface area contributed by atoms with Crippen LogP contribution in [0.2, 0.25) is 0 Å². The third kappa shape index (κ3) is 2.96. The van der Waals surface area contributed by atoms with E-state index in [2.05, 4.69) is 27.6 Å². The number of hydrogen-bond donors (Lipinski definition) is 0. The molecule has 1 aromatic heterocycles. The van der Waals surface area contributed by atoms with Gasteiger partial charge in [0, 0.05) is 15.3 Å². The summed E-state index contributed by atoms with van der Waals surface area (Å²) >= 11 is 2.12. The molecule has 0 aliphatic rings. The molecule has 1 heterocycles. The normalized spacial score (nSPS) is 11.5. The summed E-state index contributed by atoms with van der Waals surface area (Å²) in [6.45, 7) is 0. The van der Waals surface area contributed by atoms with Crippen LogP contribution in [0.5, 0.6) is 0 Å². The minimum absolute atomic E-state index is 0.647. The highest BCUT2D eigenvalue weighted by Gasteiger charge is 2.29. The lowest BCUT2D eigenvalue weighted by atomic mass is 10.1. The van der Waals surface area contributed by atoms with E-state index in [-0.39, 0.29) is 0 Å². The van der Waals surface area contributed by atoms with E-state index in [0.29, 0.717) is 11.3 Å². The van der Waals surface area contributed by atoms with Crippen LogP contribution in [0.15, 0.2) is 42.6 Å². The van der Waals surface area contributed by atoms with Gasteiger partial charge in [-0.05, 0) is 46.9 Å². The number of alkyl halides is 3. The average Bonchev–Trinajstić information content (AvgIpc) is 2.29. The van der Waals surface area contributed by atoms with Crippen LogP contribution in [-0.4, -0.2) is 4.98 Å². The Bertz CT molecular complexity index is 503. The van der Waals surface area contributed by atoms with Crippen molar-refractivity contribution < 1.29 is 13.2 Å². The fourth-order valence-electron chi connectivity index (χ4n) is 1.38. The van der Waals surface area contributed by atoms with Crippen LogP contribution in [0.25, 0.3) is 11.3 Å². The zero-order chi connectivity index (χ0) is 12.5. The van der Waals surface area contributed by atoms with Gasteiger partial charge < -0.3 is 0 Å². The molecule has 1 nitrogen and oxygen atoms in total. The molecule has 0 aliphatic heterocycles. The lowest BCUT2D eigenvalue weighted by Gasteiger charge is -2.07. The monoisotopic (exact) mass is 349 g/mol. The van der Waals surface area contributed by atoms with E-state index >= 15 is 0 Å². The van der Waals surface area contributed by atoms with Crippen molar-refractivity contribution in [3.8, 4) is 11.3 Å². The van der Waals surface area contributed by atoms with Crippen molar-refractivity contribution in [2.45, 2.75) is 6.18 Å². The molecule has 0 amide bonds. The Morgan fingerprint density at radius 2 is 1.59 bits per heavy atom. The van der Waals surface area contributed by atoms with Gasteiger partial charge in [-0.25, -0.2) is 0 Å². The summed E-state index contributed by atoms with van der Waals surface area (Å²) in [5.74, 6) is 0. The molecule has 0 bridgehead atoms. The van der Waals surface area contributed by atoms with Crippen molar-refractivity contribution in [1.82, 2.24) is 4.98 Å². The topological polar surface area (TPSA) is 12.9 Å². The molecule has 0 saturated heterocycles. The van der Waals surface area contributed by atoms with Crippen LogP contribution >= 0.6 is 22.6 Å². The molecule has 0 atom stereocenters. The predicted molar refractivity (Wildman–Crippen MR) is 67.4 cm³/mol. The Kier molecular flexibility index (Phi) is 3.37. The van der Waals surface area contributed by atoms with Crippen molar-refractivity contribution in [2.75, 3.05) is 0 Å². The fraction of sp³-hybridized carbons (Fsp3) is 0.0833. The van der Waals surface area contributed by atoms with Gasteiger partial charge in [0.25, 0.3) is 0 Å². The second kappa shape index (κ2) is 4.64. The van der Waals surface area contributed by atoms with E-state index in [9.17, 15) is 13.2 Å². The summed E-state index contributed by atoms with van der Waals surface area (Å²) in [5.41, 5.74) is 0.695. The Labute approximate surface area is 110 Å². The molecule has 0 spiro atoms. The van der Waals surface area contributed by atoms with Crippen LogP contribution in [0.1, 0.15) is 5.56 Å². The number of halogens is 4. The number of pyridine rings is 1. The smallest absolute Gasteiger partial charge is 0.255 e. The second-order valence-electron chi connectivity index (χ2n) is 3.44. The third-order valence-electron chi connectivity index (χ3n) is 2.24. The molecule has 0 aliphatic carbocycles. The van der Waals surface area contributed by atoms with E-state index in [1.807, 2.05) is 6.07 Å². The molecule has 1 aromatic carbocycles. The fourth-order valence-corrected chi connectivity index (χ4v) is 1.70. The lowest BCUT2D eigenvalue weighted by molar-refractivity contribution is -0.137. The first-order valence-electron chi connectivity index (χ1n) is 4.76. The Morgan fingerprint density at radius 1 is 0.941 bits per heavy atom. The minimum atomic E-state index is -4.29. The lowest BCUT2D eigenvalue weighted by Crippen LogP contribution is -2.04. The van der Waals surface area contributed by atoms with E-state index in [0.717, 1.165) is 15.7 Å². The quantitative estimate of drug-likeness (QED) is 0.697. The molecule has 88 valence electrons. The van der Waals surface area contributed by atoms with Gasteiger partial charge in [-0.3, -0.25) is 4.98 Å². The van der Waals surface area contributed by atoms with Crippen molar-refractivity contribution in [3.63, 3.8) is 0 Å². The van der Waals surface area contributed by atoms with E-state index < -0.39 is 11.7 Å². The van der Waals surface area contributed by atoms with Gasteiger partial charge in [0.2, 0.25) is 0 Å². The summed E-state index contributed by atoms with van der Waals surface area (Å²) in [7, 11) is 0. The molecule has 0 N–H and O–H groups in total. The molecule has 5 heteroatoms. The summed E-state index contributed by atoms with van der Waals surface area (Å²) in [6, 6.07) is 8.63. The maximum absolute atomic E-state index is 12.4. The summed E-state index contributed by atoms with van der Waals surface area (Å²) in [6.07, 6.45) is -2.62. The maximum atomic E-state index is 12.4. The first-order valence-corrected chi connectivity index (χ1v) is 5.84. The van der Waals surface area contributed by atoms with Gasteiger partial charge >= 0.3 is 6.18 Å².